The van der Waals surface area contributed by atoms with E-state index in [9.17, 15) is 0 Å². The van der Waals surface area contributed by atoms with E-state index in [1.807, 2.05) is 13.8 Å². The first-order chi connectivity index (χ1) is 15.6. The summed E-state index contributed by atoms with van der Waals surface area (Å²) in [4.78, 5) is 16.5. The monoisotopic (exact) mass is 432 g/mol. The number of allylic oxidation sites excluding steroid dienone is 1. The number of para-hydroxylation sites is 1. The van der Waals surface area contributed by atoms with Gasteiger partial charge >= 0.3 is 0 Å². The summed E-state index contributed by atoms with van der Waals surface area (Å²) in [6, 6.07) is 8.69. The molecule has 4 rings (SSSR count). The Balaban J connectivity index is 1.57. The Kier molecular flexibility index (Phi) is 7.20. The SMILES string of the molecule is C=C(NCC1CCNCC1)/C(C)=N/c1c(C)ncnc1N1CC(CCC)c2ccccc21. The summed E-state index contributed by atoms with van der Waals surface area (Å²) >= 11 is 0. The third kappa shape index (κ3) is 4.85. The average Bonchev–Trinajstić information content (AvgIpc) is 3.18. The summed E-state index contributed by atoms with van der Waals surface area (Å²) < 4.78 is 0. The molecule has 0 bridgehead atoms. The molecule has 1 atom stereocenters. The van der Waals surface area contributed by atoms with Crippen molar-refractivity contribution < 1.29 is 0 Å². The van der Waals surface area contributed by atoms with Gasteiger partial charge < -0.3 is 15.5 Å². The Labute approximate surface area is 192 Å². The Morgan fingerprint density at radius 1 is 1.25 bits per heavy atom. The molecule has 1 aromatic carbocycles. The number of aromatic nitrogens is 2. The van der Waals surface area contributed by atoms with E-state index >= 15 is 0 Å². The van der Waals surface area contributed by atoms with Crippen LogP contribution in [0.1, 0.15) is 56.7 Å². The molecule has 0 saturated carbocycles. The van der Waals surface area contributed by atoms with E-state index in [2.05, 4.69) is 58.3 Å². The van der Waals surface area contributed by atoms with Crippen LogP contribution in [-0.4, -0.2) is 41.9 Å². The molecule has 6 heteroatoms. The lowest BCUT2D eigenvalue weighted by atomic mass is 9.97. The molecular formula is C26H36N6. The van der Waals surface area contributed by atoms with E-state index in [-0.39, 0.29) is 0 Å². The van der Waals surface area contributed by atoms with E-state index in [0.717, 1.165) is 54.8 Å². The maximum absolute atomic E-state index is 4.99. The zero-order chi connectivity index (χ0) is 22.5. The van der Waals surface area contributed by atoms with Crippen molar-refractivity contribution in [3.05, 3.63) is 54.1 Å². The predicted octanol–water partition coefficient (Wildman–Crippen LogP) is 5.02. The summed E-state index contributed by atoms with van der Waals surface area (Å²) in [5.74, 6) is 2.09. The van der Waals surface area contributed by atoms with Crippen LogP contribution < -0.4 is 15.5 Å². The van der Waals surface area contributed by atoms with Crippen molar-refractivity contribution >= 4 is 22.9 Å². The van der Waals surface area contributed by atoms with Gasteiger partial charge in [0.05, 0.1) is 11.4 Å². The number of nitrogens with zero attached hydrogens (tertiary/aromatic N) is 4. The van der Waals surface area contributed by atoms with Crippen molar-refractivity contribution in [1.29, 1.82) is 0 Å². The zero-order valence-corrected chi connectivity index (χ0v) is 19.7. The van der Waals surface area contributed by atoms with Crippen molar-refractivity contribution in [1.82, 2.24) is 20.6 Å². The van der Waals surface area contributed by atoms with Crippen LogP contribution in [0.3, 0.4) is 0 Å². The van der Waals surface area contributed by atoms with Gasteiger partial charge in [-0.2, -0.15) is 0 Å². The number of fused-ring (bicyclic) bond motifs is 1. The maximum atomic E-state index is 4.99. The van der Waals surface area contributed by atoms with E-state index in [0.29, 0.717) is 11.8 Å². The van der Waals surface area contributed by atoms with Crippen molar-refractivity contribution in [2.75, 3.05) is 31.1 Å². The van der Waals surface area contributed by atoms with Gasteiger partial charge in [0.2, 0.25) is 0 Å². The first-order valence-electron chi connectivity index (χ1n) is 12.0. The van der Waals surface area contributed by atoms with Crippen molar-refractivity contribution in [3.8, 4) is 0 Å². The molecule has 1 aromatic heterocycles. The molecule has 2 aliphatic heterocycles. The van der Waals surface area contributed by atoms with Gasteiger partial charge in [-0.3, -0.25) is 0 Å². The Bertz CT molecular complexity index is 976. The molecule has 0 spiro atoms. The molecule has 0 radical (unpaired) electrons. The van der Waals surface area contributed by atoms with E-state index in [4.69, 9.17) is 9.98 Å². The molecule has 2 aliphatic rings. The highest BCUT2D eigenvalue weighted by Gasteiger charge is 2.31. The van der Waals surface area contributed by atoms with Crippen LogP contribution >= 0.6 is 0 Å². The fourth-order valence-electron chi connectivity index (χ4n) is 4.79. The summed E-state index contributed by atoms with van der Waals surface area (Å²) in [7, 11) is 0. The Morgan fingerprint density at radius 2 is 2.03 bits per heavy atom. The van der Waals surface area contributed by atoms with Crippen LogP contribution in [0.15, 0.2) is 47.9 Å². The van der Waals surface area contributed by atoms with E-state index in [1.165, 1.54) is 36.9 Å². The number of hydrogen-bond acceptors (Lipinski definition) is 6. The van der Waals surface area contributed by atoms with E-state index in [1.54, 1.807) is 6.33 Å². The minimum atomic E-state index is 0.519. The normalized spacial score (nSPS) is 19.2. The summed E-state index contributed by atoms with van der Waals surface area (Å²) in [6.07, 6.45) is 6.41. The molecular weight excluding hydrogens is 396 g/mol. The lowest BCUT2D eigenvalue weighted by Gasteiger charge is -2.24. The number of aliphatic imine (C=N–C) groups is 1. The molecule has 2 aromatic rings. The lowest BCUT2D eigenvalue weighted by molar-refractivity contribution is 0.367. The third-order valence-electron chi connectivity index (χ3n) is 6.73. The summed E-state index contributed by atoms with van der Waals surface area (Å²) in [5.41, 5.74) is 6.13. The van der Waals surface area contributed by atoms with Gasteiger partial charge in [-0.1, -0.05) is 38.1 Å². The minimum absolute atomic E-state index is 0.519. The second-order valence-corrected chi connectivity index (χ2v) is 9.04. The molecule has 3 heterocycles. The first kappa shape index (κ1) is 22.5. The molecule has 2 N–H and O–H groups in total. The number of hydrogen-bond donors (Lipinski definition) is 2. The summed E-state index contributed by atoms with van der Waals surface area (Å²) in [6.45, 7) is 14.6. The minimum Gasteiger partial charge on any atom is -0.384 e. The molecule has 0 amide bonds. The van der Waals surface area contributed by atoms with Gasteiger partial charge in [-0.25, -0.2) is 15.0 Å². The smallest absolute Gasteiger partial charge is 0.162 e. The molecule has 6 nitrogen and oxygen atoms in total. The second kappa shape index (κ2) is 10.3. The fourth-order valence-corrected chi connectivity index (χ4v) is 4.79. The number of aryl methyl sites for hydroxylation is 1. The first-order valence-corrected chi connectivity index (χ1v) is 12.0. The highest BCUT2D eigenvalue weighted by Crippen LogP contribution is 2.45. The van der Waals surface area contributed by atoms with Crippen LogP contribution in [0.25, 0.3) is 0 Å². The number of anilines is 2. The van der Waals surface area contributed by atoms with Crippen LogP contribution in [-0.2, 0) is 0 Å². The third-order valence-corrected chi connectivity index (χ3v) is 6.73. The van der Waals surface area contributed by atoms with Gasteiger partial charge in [-0.05, 0) is 63.7 Å². The average molecular weight is 433 g/mol. The van der Waals surface area contributed by atoms with Gasteiger partial charge in [0.25, 0.3) is 0 Å². The number of nitrogens with one attached hydrogen (secondary N) is 2. The lowest BCUT2D eigenvalue weighted by Crippen LogP contribution is -2.34. The zero-order valence-electron chi connectivity index (χ0n) is 19.7. The van der Waals surface area contributed by atoms with Gasteiger partial charge in [-0.15, -0.1) is 0 Å². The molecule has 1 saturated heterocycles. The van der Waals surface area contributed by atoms with Crippen LogP contribution in [0, 0.1) is 12.8 Å². The molecule has 32 heavy (non-hydrogen) atoms. The predicted molar refractivity (Wildman–Crippen MR) is 133 cm³/mol. The van der Waals surface area contributed by atoms with Crippen LogP contribution in [0.5, 0.6) is 0 Å². The second-order valence-electron chi connectivity index (χ2n) is 9.04. The quantitative estimate of drug-likeness (QED) is 0.574. The highest BCUT2D eigenvalue weighted by molar-refractivity contribution is 5.99. The van der Waals surface area contributed by atoms with Gasteiger partial charge in [0, 0.05) is 30.4 Å². The number of piperidine rings is 1. The van der Waals surface area contributed by atoms with Crippen molar-refractivity contribution in [2.45, 2.75) is 52.4 Å². The maximum Gasteiger partial charge on any atom is 0.162 e. The highest BCUT2D eigenvalue weighted by atomic mass is 15.2. The van der Waals surface area contributed by atoms with Gasteiger partial charge in [0.15, 0.2) is 5.82 Å². The number of rotatable bonds is 8. The largest absolute Gasteiger partial charge is 0.384 e. The number of benzene rings is 1. The van der Waals surface area contributed by atoms with Gasteiger partial charge in [0.1, 0.15) is 12.0 Å². The summed E-state index contributed by atoms with van der Waals surface area (Å²) in [5, 5.41) is 6.94. The molecule has 170 valence electrons. The fraction of sp³-hybridized carbons (Fsp3) is 0.500. The Hall–Kier alpha value is -2.73. The standard InChI is InChI=1S/C26H36N6/c1-5-8-22-16-32(24-10-7-6-9-23(22)24)26-25(20(4)29-17-30-26)31-19(3)18(2)28-15-21-11-13-27-14-12-21/h6-7,9-10,17,21-22,27-28H,2,5,8,11-16H2,1,3-4H3/b31-19+. The molecule has 0 aliphatic carbocycles. The van der Waals surface area contributed by atoms with E-state index < -0.39 is 0 Å². The Morgan fingerprint density at radius 3 is 2.81 bits per heavy atom. The van der Waals surface area contributed by atoms with Crippen molar-refractivity contribution in [3.63, 3.8) is 0 Å². The molecule has 1 unspecified atom stereocenters. The van der Waals surface area contributed by atoms with Crippen LogP contribution in [0.4, 0.5) is 17.2 Å². The topological polar surface area (TPSA) is 65.4 Å². The van der Waals surface area contributed by atoms with Crippen molar-refractivity contribution in [2.24, 2.45) is 10.9 Å². The molecule has 1 fully saturated rings. The van der Waals surface area contributed by atoms with Crippen LogP contribution in [0.2, 0.25) is 0 Å².